The minimum atomic E-state index is -0.0290. The van der Waals surface area contributed by atoms with Crippen LogP contribution in [0.15, 0.2) is 53.9 Å². The lowest BCUT2D eigenvalue weighted by Crippen LogP contribution is -2.15. The van der Waals surface area contributed by atoms with Gasteiger partial charge in [0, 0.05) is 23.8 Å². The fourth-order valence-corrected chi connectivity index (χ4v) is 3.66. The van der Waals surface area contributed by atoms with Gasteiger partial charge in [-0.2, -0.15) is 0 Å². The van der Waals surface area contributed by atoms with Crippen molar-refractivity contribution in [2.75, 3.05) is 11.1 Å². The molecule has 1 heterocycles. The second-order valence-corrected chi connectivity index (χ2v) is 7.45. The molecular formula is C21H23N3OS. The third-order valence-corrected chi connectivity index (χ3v) is 5.27. The van der Waals surface area contributed by atoms with E-state index in [2.05, 4.69) is 42.3 Å². The topological polar surface area (TPSA) is 46.9 Å². The summed E-state index contributed by atoms with van der Waals surface area (Å²) in [5, 5.41) is 3.81. The Labute approximate surface area is 158 Å². The molecule has 26 heavy (non-hydrogen) atoms. The molecule has 0 fully saturated rings. The Hall–Kier alpha value is -2.53. The maximum absolute atomic E-state index is 12.4. The molecule has 0 saturated carbocycles. The van der Waals surface area contributed by atoms with Crippen LogP contribution in [0, 0.1) is 27.7 Å². The summed E-state index contributed by atoms with van der Waals surface area (Å²) in [6.45, 7) is 8.22. The summed E-state index contributed by atoms with van der Waals surface area (Å²) in [4.78, 5) is 16.8. The Kier molecular flexibility index (Phi) is 5.47. The molecule has 0 bridgehead atoms. The van der Waals surface area contributed by atoms with Gasteiger partial charge in [-0.05, 0) is 68.1 Å². The molecule has 0 unspecified atom stereocenters. The number of aromatic nitrogens is 2. The Morgan fingerprint density at radius 3 is 2.58 bits per heavy atom. The second-order valence-electron chi connectivity index (χ2n) is 6.51. The molecule has 1 amide bonds. The number of carbonyl (C=O) groups is 1. The van der Waals surface area contributed by atoms with Crippen LogP contribution >= 0.6 is 11.8 Å². The molecule has 3 aromatic rings. The molecule has 134 valence electrons. The molecule has 0 saturated heterocycles. The Balaban J connectivity index is 1.70. The quantitative estimate of drug-likeness (QED) is 0.658. The van der Waals surface area contributed by atoms with Crippen molar-refractivity contribution in [1.29, 1.82) is 0 Å². The number of benzene rings is 2. The van der Waals surface area contributed by atoms with E-state index in [1.807, 2.05) is 42.8 Å². The maximum atomic E-state index is 12.4. The highest BCUT2D eigenvalue weighted by Crippen LogP contribution is 2.23. The zero-order valence-corrected chi connectivity index (χ0v) is 16.4. The van der Waals surface area contributed by atoms with Crippen molar-refractivity contribution in [1.82, 2.24) is 9.55 Å². The Morgan fingerprint density at radius 2 is 1.85 bits per heavy atom. The molecule has 0 spiro atoms. The lowest BCUT2D eigenvalue weighted by molar-refractivity contribution is -0.113. The predicted octanol–water partition coefficient (Wildman–Crippen LogP) is 4.84. The lowest BCUT2D eigenvalue weighted by Gasteiger charge is -2.11. The van der Waals surface area contributed by atoms with Crippen LogP contribution in [0.1, 0.15) is 22.3 Å². The Bertz CT molecular complexity index is 926. The van der Waals surface area contributed by atoms with E-state index in [-0.39, 0.29) is 5.91 Å². The number of hydrogen-bond acceptors (Lipinski definition) is 3. The van der Waals surface area contributed by atoms with Crippen molar-refractivity contribution in [2.45, 2.75) is 32.9 Å². The van der Waals surface area contributed by atoms with Crippen LogP contribution in [0.3, 0.4) is 0 Å². The van der Waals surface area contributed by atoms with E-state index in [4.69, 9.17) is 0 Å². The standard InChI is InChI=1S/C21H23N3OS/c1-14-10-15(2)12-18(11-14)24-9-8-22-21(24)26-13-20(25)23-19-7-5-6-16(3)17(19)4/h5-12H,13H2,1-4H3,(H,23,25). The minimum Gasteiger partial charge on any atom is -0.325 e. The smallest absolute Gasteiger partial charge is 0.234 e. The minimum absolute atomic E-state index is 0.0290. The third-order valence-electron chi connectivity index (χ3n) is 4.30. The van der Waals surface area contributed by atoms with E-state index in [1.54, 1.807) is 6.20 Å². The van der Waals surface area contributed by atoms with Crippen molar-refractivity contribution >= 4 is 23.4 Å². The average molecular weight is 366 g/mol. The Morgan fingerprint density at radius 1 is 1.12 bits per heavy atom. The number of thioether (sulfide) groups is 1. The summed E-state index contributed by atoms with van der Waals surface area (Å²) in [5.41, 5.74) is 6.61. The molecule has 0 aliphatic heterocycles. The van der Waals surface area contributed by atoms with Crippen molar-refractivity contribution < 1.29 is 4.79 Å². The summed E-state index contributed by atoms with van der Waals surface area (Å²) < 4.78 is 2.02. The first-order chi connectivity index (χ1) is 12.4. The predicted molar refractivity (Wildman–Crippen MR) is 108 cm³/mol. The number of nitrogens with one attached hydrogen (secondary N) is 1. The van der Waals surface area contributed by atoms with E-state index in [9.17, 15) is 4.79 Å². The summed E-state index contributed by atoms with van der Waals surface area (Å²) in [6, 6.07) is 12.3. The van der Waals surface area contributed by atoms with Gasteiger partial charge in [0.2, 0.25) is 5.91 Å². The molecule has 0 aliphatic carbocycles. The van der Waals surface area contributed by atoms with Gasteiger partial charge >= 0.3 is 0 Å². The number of aryl methyl sites for hydroxylation is 3. The van der Waals surface area contributed by atoms with E-state index in [0.29, 0.717) is 5.75 Å². The zero-order chi connectivity index (χ0) is 18.7. The van der Waals surface area contributed by atoms with E-state index < -0.39 is 0 Å². The summed E-state index contributed by atoms with van der Waals surface area (Å²) >= 11 is 1.44. The van der Waals surface area contributed by atoms with Gasteiger partial charge in [0.05, 0.1) is 5.75 Å². The first kappa shape index (κ1) is 18.3. The molecule has 1 N–H and O–H groups in total. The molecule has 0 aliphatic rings. The highest BCUT2D eigenvalue weighted by Gasteiger charge is 2.11. The number of carbonyl (C=O) groups excluding carboxylic acids is 1. The lowest BCUT2D eigenvalue weighted by atomic mass is 10.1. The van der Waals surface area contributed by atoms with Crippen LogP contribution in [0.5, 0.6) is 0 Å². The van der Waals surface area contributed by atoms with Crippen molar-refractivity contribution in [2.24, 2.45) is 0 Å². The van der Waals surface area contributed by atoms with Gasteiger partial charge in [-0.3, -0.25) is 9.36 Å². The first-order valence-electron chi connectivity index (χ1n) is 8.55. The molecular weight excluding hydrogens is 342 g/mol. The monoisotopic (exact) mass is 365 g/mol. The van der Waals surface area contributed by atoms with Crippen molar-refractivity contribution in [3.05, 3.63) is 71.0 Å². The van der Waals surface area contributed by atoms with E-state index in [0.717, 1.165) is 22.1 Å². The van der Waals surface area contributed by atoms with E-state index in [1.165, 1.54) is 28.5 Å². The molecule has 1 aromatic heterocycles. The SMILES string of the molecule is Cc1cc(C)cc(-n2ccnc2SCC(=O)Nc2cccc(C)c2C)c1. The molecule has 0 radical (unpaired) electrons. The second kappa shape index (κ2) is 7.79. The van der Waals surface area contributed by atoms with Gasteiger partial charge in [-0.1, -0.05) is 30.0 Å². The molecule has 3 rings (SSSR count). The first-order valence-corrected chi connectivity index (χ1v) is 9.53. The van der Waals surface area contributed by atoms with Gasteiger partial charge in [0.1, 0.15) is 0 Å². The van der Waals surface area contributed by atoms with Gasteiger partial charge < -0.3 is 5.32 Å². The normalized spacial score (nSPS) is 10.8. The van der Waals surface area contributed by atoms with Crippen molar-refractivity contribution in [3.8, 4) is 5.69 Å². The zero-order valence-electron chi connectivity index (χ0n) is 15.5. The largest absolute Gasteiger partial charge is 0.325 e. The van der Waals surface area contributed by atoms with Crippen LogP contribution in [0.4, 0.5) is 5.69 Å². The van der Waals surface area contributed by atoms with Gasteiger partial charge in [-0.15, -0.1) is 0 Å². The summed E-state index contributed by atoms with van der Waals surface area (Å²) in [7, 11) is 0. The summed E-state index contributed by atoms with van der Waals surface area (Å²) in [6.07, 6.45) is 3.70. The van der Waals surface area contributed by atoms with Gasteiger partial charge in [-0.25, -0.2) is 4.98 Å². The maximum Gasteiger partial charge on any atom is 0.234 e. The number of anilines is 1. The molecule has 2 aromatic carbocycles. The van der Waals surface area contributed by atoms with Crippen LogP contribution < -0.4 is 5.32 Å². The number of imidazole rings is 1. The highest BCUT2D eigenvalue weighted by atomic mass is 32.2. The van der Waals surface area contributed by atoms with Crippen LogP contribution in [-0.4, -0.2) is 21.2 Å². The molecule has 0 atom stereocenters. The average Bonchev–Trinajstić information content (AvgIpc) is 3.05. The van der Waals surface area contributed by atoms with Gasteiger partial charge in [0.25, 0.3) is 0 Å². The fraction of sp³-hybridized carbons (Fsp3) is 0.238. The summed E-state index contributed by atoms with van der Waals surface area (Å²) in [5.74, 6) is 0.286. The van der Waals surface area contributed by atoms with Crippen LogP contribution in [-0.2, 0) is 4.79 Å². The van der Waals surface area contributed by atoms with Crippen molar-refractivity contribution in [3.63, 3.8) is 0 Å². The number of nitrogens with zero attached hydrogens (tertiary/aromatic N) is 2. The highest BCUT2D eigenvalue weighted by molar-refractivity contribution is 7.99. The number of hydrogen-bond donors (Lipinski definition) is 1. The van der Waals surface area contributed by atoms with Gasteiger partial charge in [0.15, 0.2) is 5.16 Å². The van der Waals surface area contributed by atoms with E-state index >= 15 is 0 Å². The molecule has 4 nitrogen and oxygen atoms in total. The number of rotatable bonds is 5. The van der Waals surface area contributed by atoms with Crippen LogP contribution in [0.25, 0.3) is 5.69 Å². The molecule has 5 heteroatoms. The van der Waals surface area contributed by atoms with Crippen LogP contribution in [0.2, 0.25) is 0 Å². The third kappa shape index (κ3) is 4.17. The fourth-order valence-electron chi connectivity index (χ4n) is 2.89. The number of amides is 1.